The number of benzene rings is 1. The van der Waals surface area contributed by atoms with Gasteiger partial charge in [-0.15, -0.1) is 11.3 Å². The lowest BCUT2D eigenvalue weighted by Crippen LogP contribution is -2.23. The van der Waals surface area contributed by atoms with Crippen LogP contribution in [-0.4, -0.2) is 26.2 Å². The van der Waals surface area contributed by atoms with Gasteiger partial charge >= 0.3 is 0 Å². The molecule has 8 heteroatoms. The van der Waals surface area contributed by atoms with Crippen LogP contribution in [-0.2, 0) is 6.54 Å². The number of aryl methyl sites for hydroxylation is 2. The Morgan fingerprint density at radius 3 is 2.83 bits per heavy atom. The fourth-order valence-electron chi connectivity index (χ4n) is 3.00. The number of nitrogens with zero attached hydrogens (tertiary/aromatic N) is 3. The zero-order chi connectivity index (χ0) is 20.4. The first-order valence-electron chi connectivity index (χ1n) is 9.04. The molecule has 0 atom stereocenters. The lowest BCUT2D eigenvalue weighted by molar-refractivity contribution is 0.0949. The van der Waals surface area contributed by atoms with E-state index in [9.17, 15) is 9.59 Å². The zero-order valence-corrected chi connectivity index (χ0v) is 16.8. The van der Waals surface area contributed by atoms with Gasteiger partial charge in [0.2, 0.25) is 0 Å². The molecule has 2 amide bonds. The molecule has 3 aromatic heterocycles. The molecule has 7 nitrogen and oxygen atoms in total. The van der Waals surface area contributed by atoms with Crippen LogP contribution in [0.4, 0.5) is 5.69 Å². The monoisotopic (exact) mass is 405 g/mol. The average Bonchev–Trinajstić information content (AvgIpc) is 3.35. The Kier molecular flexibility index (Phi) is 5.09. The maximum Gasteiger partial charge on any atom is 0.259 e. The highest BCUT2D eigenvalue weighted by Crippen LogP contribution is 2.20. The Bertz CT molecular complexity index is 1200. The van der Waals surface area contributed by atoms with E-state index in [1.165, 1.54) is 11.3 Å². The van der Waals surface area contributed by atoms with Gasteiger partial charge in [-0.2, -0.15) is 0 Å². The molecule has 4 aromatic rings. The predicted octanol–water partition coefficient (Wildman–Crippen LogP) is 3.59. The normalized spacial score (nSPS) is 10.8. The molecule has 2 N–H and O–H groups in total. The SMILES string of the molecule is Cc1cn2cccc(C(=O)Nc3cc(C(=O)NCc4nccs4)ccc3C)c2n1. The summed E-state index contributed by atoms with van der Waals surface area (Å²) in [6, 6.07) is 8.77. The van der Waals surface area contributed by atoms with E-state index in [1.807, 2.05) is 42.1 Å². The zero-order valence-electron chi connectivity index (χ0n) is 16.0. The summed E-state index contributed by atoms with van der Waals surface area (Å²) in [7, 11) is 0. The van der Waals surface area contributed by atoms with E-state index in [0.29, 0.717) is 29.0 Å². The molecule has 0 aliphatic heterocycles. The van der Waals surface area contributed by atoms with E-state index >= 15 is 0 Å². The minimum Gasteiger partial charge on any atom is -0.346 e. The number of anilines is 1. The van der Waals surface area contributed by atoms with E-state index in [2.05, 4.69) is 20.6 Å². The highest BCUT2D eigenvalue weighted by Gasteiger charge is 2.15. The number of aromatic nitrogens is 3. The van der Waals surface area contributed by atoms with Crippen molar-refractivity contribution in [3.05, 3.63) is 81.7 Å². The number of imidazole rings is 1. The van der Waals surface area contributed by atoms with Gasteiger partial charge in [0.05, 0.1) is 17.8 Å². The maximum absolute atomic E-state index is 12.9. The number of amides is 2. The third-order valence-corrected chi connectivity index (χ3v) is 5.26. The first-order valence-corrected chi connectivity index (χ1v) is 9.92. The largest absolute Gasteiger partial charge is 0.346 e. The summed E-state index contributed by atoms with van der Waals surface area (Å²) in [5, 5.41) is 8.45. The topological polar surface area (TPSA) is 88.4 Å². The van der Waals surface area contributed by atoms with Gasteiger partial charge in [0, 0.05) is 35.2 Å². The van der Waals surface area contributed by atoms with Gasteiger partial charge in [0.1, 0.15) is 10.7 Å². The highest BCUT2D eigenvalue weighted by molar-refractivity contribution is 7.09. The maximum atomic E-state index is 12.9. The number of thiazole rings is 1. The van der Waals surface area contributed by atoms with Gasteiger partial charge in [-0.1, -0.05) is 6.07 Å². The second-order valence-corrected chi connectivity index (χ2v) is 7.61. The molecule has 0 aliphatic rings. The standard InChI is InChI=1S/C21H19N5O2S/c1-13-5-6-15(20(27)23-11-18-22-7-9-29-18)10-17(13)25-21(28)16-4-3-8-26-12-14(2)24-19(16)26/h3-10,12H,11H2,1-2H3,(H,23,27)(H,25,28). The van der Waals surface area contributed by atoms with Crippen LogP contribution in [0.1, 0.15) is 37.0 Å². The quantitative estimate of drug-likeness (QED) is 0.531. The average molecular weight is 405 g/mol. The Morgan fingerprint density at radius 1 is 1.17 bits per heavy atom. The Labute approximate surface area is 171 Å². The van der Waals surface area contributed by atoms with Gasteiger partial charge < -0.3 is 15.0 Å². The highest BCUT2D eigenvalue weighted by atomic mass is 32.1. The third-order valence-electron chi connectivity index (χ3n) is 4.48. The van der Waals surface area contributed by atoms with Crippen LogP contribution in [0.25, 0.3) is 5.65 Å². The lowest BCUT2D eigenvalue weighted by Gasteiger charge is -2.11. The molecule has 146 valence electrons. The smallest absolute Gasteiger partial charge is 0.259 e. The summed E-state index contributed by atoms with van der Waals surface area (Å²) >= 11 is 1.48. The van der Waals surface area contributed by atoms with Crippen molar-refractivity contribution in [1.82, 2.24) is 19.7 Å². The van der Waals surface area contributed by atoms with Crippen molar-refractivity contribution in [3.8, 4) is 0 Å². The molecule has 29 heavy (non-hydrogen) atoms. The van der Waals surface area contributed by atoms with Crippen LogP contribution in [0.3, 0.4) is 0 Å². The van der Waals surface area contributed by atoms with Crippen molar-refractivity contribution in [2.24, 2.45) is 0 Å². The summed E-state index contributed by atoms with van der Waals surface area (Å²) < 4.78 is 1.82. The number of carbonyl (C=O) groups is 2. The fraction of sp³-hybridized carbons (Fsp3) is 0.143. The van der Waals surface area contributed by atoms with Gasteiger partial charge in [0.25, 0.3) is 11.8 Å². The summed E-state index contributed by atoms with van der Waals surface area (Å²) in [4.78, 5) is 33.9. The Hall–Kier alpha value is -3.52. The molecule has 0 spiro atoms. The van der Waals surface area contributed by atoms with Crippen LogP contribution >= 0.6 is 11.3 Å². The molecule has 0 radical (unpaired) electrons. The number of hydrogen-bond acceptors (Lipinski definition) is 5. The van der Waals surface area contributed by atoms with E-state index in [4.69, 9.17) is 0 Å². The van der Waals surface area contributed by atoms with Crippen molar-refractivity contribution in [2.75, 3.05) is 5.32 Å². The predicted molar refractivity (Wildman–Crippen MR) is 112 cm³/mol. The lowest BCUT2D eigenvalue weighted by atomic mass is 10.1. The van der Waals surface area contributed by atoms with Crippen molar-refractivity contribution in [1.29, 1.82) is 0 Å². The second kappa shape index (κ2) is 7.84. The number of fused-ring (bicyclic) bond motifs is 1. The van der Waals surface area contributed by atoms with Crippen LogP contribution in [0.2, 0.25) is 0 Å². The molecule has 0 aliphatic carbocycles. The van der Waals surface area contributed by atoms with E-state index in [1.54, 1.807) is 30.5 Å². The van der Waals surface area contributed by atoms with Crippen LogP contribution in [0.5, 0.6) is 0 Å². The molecular weight excluding hydrogens is 386 g/mol. The van der Waals surface area contributed by atoms with Crippen LogP contribution in [0, 0.1) is 13.8 Å². The molecule has 0 unspecified atom stereocenters. The van der Waals surface area contributed by atoms with Gasteiger partial charge in [-0.3, -0.25) is 9.59 Å². The fourth-order valence-corrected chi connectivity index (χ4v) is 3.55. The summed E-state index contributed by atoms with van der Waals surface area (Å²) in [5.41, 5.74) is 3.82. The number of nitrogens with one attached hydrogen (secondary N) is 2. The van der Waals surface area contributed by atoms with E-state index in [-0.39, 0.29) is 11.8 Å². The summed E-state index contributed by atoms with van der Waals surface area (Å²) in [5.74, 6) is -0.494. The first kappa shape index (κ1) is 18.8. The molecule has 1 aromatic carbocycles. The van der Waals surface area contributed by atoms with Crippen molar-refractivity contribution < 1.29 is 9.59 Å². The second-order valence-electron chi connectivity index (χ2n) is 6.63. The minimum absolute atomic E-state index is 0.221. The van der Waals surface area contributed by atoms with Crippen LogP contribution in [0.15, 0.2) is 54.3 Å². The molecule has 3 heterocycles. The molecule has 0 bridgehead atoms. The van der Waals surface area contributed by atoms with Crippen molar-refractivity contribution in [2.45, 2.75) is 20.4 Å². The van der Waals surface area contributed by atoms with Gasteiger partial charge in [-0.25, -0.2) is 9.97 Å². The molecule has 0 saturated carbocycles. The van der Waals surface area contributed by atoms with Crippen molar-refractivity contribution in [3.63, 3.8) is 0 Å². The Balaban J connectivity index is 1.54. The molecule has 0 saturated heterocycles. The molecular formula is C21H19N5O2S. The Morgan fingerprint density at radius 2 is 2.03 bits per heavy atom. The van der Waals surface area contributed by atoms with E-state index < -0.39 is 0 Å². The minimum atomic E-state index is -0.273. The van der Waals surface area contributed by atoms with Crippen molar-refractivity contribution >= 4 is 34.5 Å². The third kappa shape index (κ3) is 4.02. The van der Waals surface area contributed by atoms with Crippen LogP contribution < -0.4 is 10.6 Å². The van der Waals surface area contributed by atoms with Gasteiger partial charge in [-0.05, 0) is 43.7 Å². The number of hydrogen-bond donors (Lipinski definition) is 2. The van der Waals surface area contributed by atoms with E-state index in [0.717, 1.165) is 16.3 Å². The first-order chi connectivity index (χ1) is 14.0. The number of carbonyl (C=O) groups excluding carboxylic acids is 2. The number of pyridine rings is 1. The molecule has 0 fully saturated rings. The summed E-state index contributed by atoms with van der Waals surface area (Å²) in [6.45, 7) is 4.13. The summed E-state index contributed by atoms with van der Waals surface area (Å²) in [6.07, 6.45) is 5.42. The number of rotatable bonds is 5. The molecule has 4 rings (SSSR count). The van der Waals surface area contributed by atoms with Gasteiger partial charge in [0.15, 0.2) is 0 Å².